The van der Waals surface area contributed by atoms with Gasteiger partial charge in [0.05, 0.1) is 5.37 Å². The summed E-state index contributed by atoms with van der Waals surface area (Å²) < 4.78 is 0. The van der Waals surface area contributed by atoms with Crippen molar-refractivity contribution in [3.63, 3.8) is 0 Å². The Morgan fingerprint density at radius 2 is 1.76 bits per heavy atom. The van der Waals surface area contributed by atoms with E-state index in [0.29, 0.717) is 11.7 Å². The van der Waals surface area contributed by atoms with Crippen LogP contribution in [-0.2, 0) is 4.79 Å². The number of carboxylic acid groups (broad SMARTS) is 1. The summed E-state index contributed by atoms with van der Waals surface area (Å²) in [7, 11) is 0. The zero-order valence-corrected chi connectivity index (χ0v) is 14.2. The molecule has 2 aliphatic heterocycles. The molecule has 2 saturated heterocycles. The first-order valence-corrected chi connectivity index (χ1v) is 8.68. The molecule has 2 rings (SSSR count). The number of aliphatic carboxylic acids is 1. The van der Waals surface area contributed by atoms with Crippen molar-refractivity contribution in [3.8, 4) is 0 Å². The van der Waals surface area contributed by atoms with Gasteiger partial charge in [-0.1, -0.05) is 20.8 Å². The van der Waals surface area contributed by atoms with E-state index in [2.05, 4.69) is 20.8 Å². The molecule has 2 fully saturated rings. The van der Waals surface area contributed by atoms with Crippen molar-refractivity contribution in [3.05, 3.63) is 0 Å². The maximum atomic E-state index is 12.7. The van der Waals surface area contributed by atoms with E-state index >= 15 is 0 Å². The maximum Gasteiger partial charge on any atom is 0.327 e. The lowest BCUT2D eigenvalue weighted by Gasteiger charge is -2.40. The lowest BCUT2D eigenvalue weighted by molar-refractivity contribution is -0.141. The fraction of sp³-hybridized carbons (Fsp3) is 0.867. The van der Waals surface area contributed by atoms with Crippen LogP contribution in [0.4, 0.5) is 4.79 Å². The van der Waals surface area contributed by atoms with Crippen LogP contribution in [0.1, 0.15) is 40.5 Å². The van der Waals surface area contributed by atoms with Gasteiger partial charge in [0.15, 0.2) is 0 Å². The zero-order chi connectivity index (χ0) is 15.8. The van der Waals surface area contributed by atoms with Gasteiger partial charge < -0.3 is 10.0 Å². The third kappa shape index (κ3) is 3.47. The van der Waals surface area contributed by atoms with Gasteiger partial charge in [-0.05, 0) is 31.1 Å². The number of hydrogen-bond acceptors (Lipinski definition) is 3. The number of hydrogen-bond donors (Lipinski definition) is 1. The van der Waals surface area contributed by atoms with Gasteiger partial charge >= 0.3 is 12.0 Å². The van der Waals surface area contributed by atoms with Gasteiger partial charge in [0.2, 0.25) is 0 Å². The Balaban J connectivity index is 2.00. The van der Waals surface area contributed by atoms with Crippen LogP contribution in [0.2, 0.25) is 0 Å². The zero-order valence-electron chi connectivity index (χ0n) is 13.3. The van der Waals surface area contributed by atoms with Gasteiger partial charge in [-0.15, -0.1) is 11.8 Å². The number of carbonyl (C=O) groups excluding carboxylic acids is 1. The Kier molecular flexibility index (Phi) is 4.76. The van der Waals surface area contributed by atoms with Gasteiger partial charge in [0.25, 0.3) is 0 Å². The van der Waals surface area contributed by atoms with Crippen LogP contribution in [0, 0.1) is 11.3 Å². The average molecular weight is 314 g/mol. The quantitative estimate of drug-likeness (QED) is 0.808. The molecule has 0 spiro atoms. The van der Waals surface area contributed by atoms with Crippen LogP contribution >= 0.6 is 11.8 Å². The summed E-state index contributed by atoms with van der Waals surface area (Å²) in [4.78, 5) is 27.3. The summed E-state index contributed by atoms with van der Waals surface area (Å²) in [5.74, 6) is 0.215. The summed E-state index contributed by atoms with van der Waals surface area (Å²) in [6, 6.07) is -0.787. The fourth-order valence-electron chi connectivity index (χ4n) is 3.22. The van der Waals surface area contributed by atoms with E-state index in [0.717, 1.165) is 25.9 Å². The highest BCUT2D eigenvalue weighted by atomic mass is 32.2. The second-order valence-corrected chi connectivity index (χ2v) is 8.45. The van der Waals surface area contributed by atoms with Crippen molar-refractivity contribution < 1.29 is 14.7 Å². The fourth-order valence-corrected chi connectivity index (χ4v) is 4.39. The molecule has 6 heteroatoms. The predicted octanol–water partition coefficient (Wildman–Crippen LogP) is 2.71. The lowest BCUT2D eigenvalue weighted by atomic mass is 9.75. The molecule has 0 bridgehead atoms. The van der Waals surface area contributed by atoms with E-state index in [1.807, 2.05) is 11.8 Å². The number of nitrogens with zero attached hydrogens (tertiary/aromatic N) is 2. The predicted molar refractivity (Wildman–Crippen MR) is 84.3 cm³/mol. The van der Waals surface area contributed by atoms with Crippen LogP contribution in [0.15, 0.2) is 0 Å². The molecular weight excluding hydrogens is 288 g/mol. The smallest absolute Gasteiger partial charge is 0.327 e. The van der Waals surface area contributed by atoms with E-state index in [1.165, 1.54) is 11.8 Å². The van der Waals surface area contributed by atoms with Crippen LogP contribution in [0.25, 0.3) is 0 Å². The number of amides is 2. The van der Waals surface area contributed by atoms with Crippen molar-refractivity contribution in [2.75, 3.05) is 18.8 Å². The monoisotopic (exact) mass is 314 g/mol. The average Bonchev–Trinajstić information content (AvgIpc) is 2.79. The van der Waals surface area contributed by atoms with Gasteiger partial charge in [-0.25, -0.2) is 9.59 Å². The summed E-state index contributed by atoms with van der Waals surface area (Å²) in [6.07, 6.45) is 2.00. The van der Waals surface area contributed by atoms with Crippen molar-refractivity contribution in [2.45, 2.75) is 52.0 Å². The first-order chi connectivity index (χ1) is 9.71. The van der Waals surface area contributed by atoms with E-state index in [1.54, 1.807) is 4.90 Å². The van der Waals surface area contributed by atoms with Crippen LogP contribution in [-0.4, -0.2) is 57.2 Å². The largest absolute Gasteiger partial charge is 0.480 e. The van der Waals surface area contributed by atoms with Crippen molar-refractivity contribution >= 4 is 23.8 Å². The SMILES string of the molecule is CC1SCC(C(=O)O)N1C(=O)N1CCC(C(C)(C)C)CC1. The molecule has 0 aromatic carbocycles. The van der Waals surface area contributed by atoms with E-state index in [9.17, 15) is 14.7 Å². The Bertz CT molecular complexity index is 414. The third-order valence-electron chi connectivity index (χ3n) is 4.72. The highest BCUT2D eigenvalue weighted by Crippen LogP contribution is 2.36. The van der Waals surface area contributed by atoms with Gasteiger partial charge in [-0.2, -0.15) is 0 Å². The van der Waals surface area contributed by atoms with Crippen molar-refractivity contribution in [1.82, 2.24) is 9.80 Å². The maximum absolute atomic E-state index is 12.7. The Hall–Kier alpha value is -0.910. The summed E-state index contributed by atoms with van der Waals surface area (Å²) in [5, 5.41) is 9.22. The molecule has 2 amide bonds. The van der Waals surface area contributed by atoms with E-state index in [-0.39, 0.29) is 16.8 Å². The second-order valence-electron chi connectivity index (χ2n) is 7.10. The molecule has 0 radical (unpaired) electrons. The van der Waals surface area contributed by atoms with Crippen LogP contribution in [0.5, 0.6) is 0 Å². The molecule has 5 nitrogen and oxygen atoms in total. The van der Waals surface area contributed by atoms with Crippen LogP contribution < -0.4 is 0 Å². The number of likely N-dealkylation sites (tertiary alicyclic amines) is 1. The molecular formula is C15H26N2O3S. The summed E-state index contributed by atoms with van der Waals surface area (Å²) >= 11 is 1.54. The molecule has 0 aromatic rings. The van der Waals surface area contributed by atoms with Crippen molar-refractivity contribution in [2.24, 2.45) is 11.3 Å². The molecule has 0 saturated carbocycles. The number of rotatable bonds is 1. The number of carbonyl (C=O) groups is 2. The molecule has 0 aliphatic carbocycles. The Morgan fingerprint density at radius 3 is 2.24 bits per heavy atom. The Labute approximate surface area is 131 Å². The number of thioether (sulfide) groups is 1. The Morgan fingerprint density at radius 1 is 1.19 bits per heavy atom. The number of piperidine rings is 1. The third-order valence-corrected chi connectivity index (χ3v) is 5.94. The summed E-state index contributed by atoms with van der Waals surface area (Å²) in [5.41, 5.74) is 0.273. The molecule has 2 atom stereocenters. The van der Waals surface area contributed by atoms with Gasteiger partial charge in [-0.3, -0.25) is 4.90 Å². The molecule has 2 heterocycles. The van der Waals surface area contributed by atoms with Gasteiger partial charge in [0.1, 0.15) is 6.04 Å². The minimum atomic E-state index is -0.898. The molecule has 120 valence electrons. The highest BCUT2D eigenvalue weighted by Gasteiger charge is 2.42. The highest BCUT2D eigenvalue weighted by molar-refractivity contribution is 8.00. The normalized spacial score (nSPS) is 28.0. The molecule has 2 unspecified atom stereocenters. The van der Waals surface area contributed by atoms with Crippen LogP contribution in [0.3, 0.4) is 0 Å². The topological polar surface area (TPSA) is 60.9 Å². The first-order valence-electron chi connectivity index (χ1n) is 7.63. The minimum Gasteiger partial charge on any atom is -0.480 e. The molecule has 1 N–H and O–H groups in total. The summed E-state index contributed by atoms with van der Waals surface area (Å²) in [6.45, 7) is 10.1. The molecule has 2 aliphatic rings. The van der Waals surface area contributed by atoms with Gasteiger partial charge in [0, 0.05) is 18.8 Å². The van der Waals surface area contributed by atoms with Crippen molar-refractivity contribution in [1.29, 1.82) is 0 Å². The number of carboxylic acids is 1. The molecule has 21 heavy (non-hydrogen) atoms. The standard InChI is InChI=1S/C15H26N2O3S/c1-10-17(12(9-21-10)13(18)19)14(20)16-7-5-11(6-8-16)15(2,3)4/h10-12H,5-9H2,1-4H3,(H,18,19). The van der Waals surface area contributed by atoms with E-state index in [4.69, 9.17) is 0 Å². The first kappa shape index (κ1) is 16.5. The minimum absolute atomic E-state index is 0.0565. The van der Waals surface area contributed by atoms with E-state index < -0.39 is 12.0 Å². The molecule has 0 aromatic heterocycles. The number of urea groups is 1. The lowest BCUT2D eigenvalue weighted by Crippen LogP contribution is -2.53. The second kappa shape index (κ2) is 6.07.